The normalized spacial score (nSPS) is 10.4. The van der Waals surface area contributed by atoms with Gasteiger partial charge in [-0.15, -0.1) is 0 Å². The van der Waals surface area contributed by atoms with Crippen LogP contribution in [0.15, 0.2) is 24.3 Å². The summed E-state index contributed by atoms with van der Waals surface area (Å²) in [4.78, 5) is 26.0. The summed E-state index contributed by atoms with van der Waals surface area (Å²) in [5, 5.41) is 3.80. The molecule has 100 valence electrons. The van der Waals surface area contributed by atoms with E-state index in [1.807, 2.05) is 31.2 Å². The molecule has 1 aromatic carbocycles. The van der Waals surface area contributed by atoms with Gasteiger partial charge in [-0.2, -0.15) is 0 Å². The lowest BCUT2D eigenvalue weighted by Crippen LogP contribution is -2.14. The van der Waals surface area contributed by atoms with Gasteiger partial charge in [0.05, 0.1) is 19.2 Å². The molecular weight excluding hydrogens is 244 g/mol. The Kier molecular flexibility index (Phi) is 3.85. The molecule has 5 nitrogen and oxygen atoms in total. The van der Waals surface area contributed by atoms with E-state index in [0.717, 1.165) is 22.3 Å². The van der Waals surface area contributed by atoms with Gasteiger partial charge in [0, 0.05) is 23.0 Å². The smallest absolute Gasteiger partial charge is 0.306 e. The molecule has 1 aromatic heterocycles. The summed E-state index contributed by atoms with van der Waals surface area (Å²) in [6.45, 7) is 1.90. The first-order chi connectivity index (χ1) is 9.11. The van der Waals surface area contributed by atoms with Crippen molar-refractivity contribution in [1.29, 1.82) is 0 Å². The lowest BCUT2D eigenvalue weighted by molar-refractivity contribution is -0.141. The van der Waals surface area contributed by atoms with Crippen LogP contribution in [0.5, 0.6) is 0 Å². The van der Waals surface area contributed by atoms with Gasteiger partial charge in [0.2, 0.25) is 5.91 Å². The van der Waals surface area contributed by atoms with Gasteiger partial charge < -0.3 is 15.0 Å². The first-order valence-electron chi connectivity index (χ1n) is 6.06. The summed E-state index contributed by atoms with van der Waals surface area (Å²) in [5.74, 6) is -0.580. The fourth-order valence-electron chi connectivity index (χ4n) is 1.96. The number of carbonyl (C=O) groups is 2. The number of rotatable bonds is 4. The highest BCUT2D eigenvalue weighted by atomic mass is 16.5. The molecule has 0 aliphatic rings. The van der Waals surface area contributed by atoms with Crippen molar-refractivity contribution in [2.45, 2.75) is 19.8 Å². The zero-order valence-electron chi connectivity index (χ0n) is 10.9. The molecule has 0 unspecified atom stereocenters. The Morgan fingerprint density at radius 2 is 2.00 bits per heavy atom. The molecule has 2 N–H and O–H groups in total. The monoisotopic (exact) mass is 260 g/mol. The van der Waals surface area contributed by atoms with E-state index in [1.165, 1.54) is 7.11 Å². The van der Waals surface area contributed by atoms with Gasteiger partial charge >= 0.3 is 5.97 Å². The number of aryl methyl sites for hydroxylation is 1. The zero-order valence-corrected chi connectivity index (χ0v) is 10.9. The second-order valence-corrected chi connectivity index (χ2v) is 4.29. The van der Waals surface area contributed by atoms with Gasteiger partial charge in [0.25, 0.3) is 0 Å². The number of nitrogens with one attached hydrogen (secondary N) is 2. The highest BCUT2D eigenvalue weighted by Gasteiger charge is 2.12. The Morgan fingerprint density at radius 3 is 2.74 bits per heavy atom. The number of para-hydroxylation sites is 1. The number of hydrogen-bond donors (Lipinski definition) is 2. The van der Waals surface area contributed by atoms with E-state index < -0.39 is 0 Å². The number of hydrogen-bond acceptors (Lipinski definition) is 3. The Balaban J connectivity index is 2.10. The van der Waals surface area contributed by atoms with Crippen LogP contribution < -0.4 is 5.32 Å². The third kappa shape index (κ3) is 2.93. The molecule has 1 amide bonds. The van der Waals surface area contributed by atoms with Crippen LogP contribution >= 0.6 is 0 Å². The number of amides is 1. The molecule has 0 radical (unpaired) electrons. The summed E-state index contributed by atoms with van der Waals surface area (Å²) in [6.07, 6.45) is 0.204. The highest BCUT2D eigenvalue weighted by Crippen LogP contribution is 2.26. The Bertz CT molecular complexity index is 616. The molecule has 19 heavy (non-hydrogen) atoms. The van der Waals surface area contributed by atoms with Crippen LogP contribution in [0.2, 0.25) is 0 Å². The Hall–Kier alpha value is -2.30. The lowest BCUT2D eigenvalue weighted by Gasteiger charge is -2.05. The van der Waals surface area contributed by atoms with E-state index in [0.29, 0.717) is 0 Å². The van der Waals surface area contributed by atoms with Gasteiger partial charge in [0.15, 0.2) is 0 Å². The minimum Gasteiger partial charge on any atom is -0.469 e. The summed E-state index contributed by atoms with van der Waals surface area (Å²) in [7, 11) is 1.31. The summed E-state index contributed by atoms with van der Waals surface area (Å²) < 4.78 is 4.50. The molecule has 0 bridgehead atoms. The van der Waals surface area contributed by atoms with E-state index in [9.17, 15) is 9.59 Å². The average Bonchev–Trinajstić information content (AvgIpc) is 2.72. The van der Waals surface area contributed by atoms with Crippen LogP contribution in [0.3, 0.4) is 0 Å². The van der Waals surface area contributed by atoms with E-state index in [2.05, 4.69) is 15.0 Å². The highest BCUT2D eigenvalue weighted by molar-refractivity contribution is 6.03. The first-order valence-corrected chi connectivity index (χ1v) is 6.06. The third-order valence-corrected chi connectivity index (χ3v) is 2.94. The van der Waals surface area contributed by atoms with Crippen LogP contribution in [0.1, 0.15) is 18.5 Å². The van der Waals surface area contributed by atoms with Gasteiger partial charge in [0.1, 0.15) is 0 Å². The van der Waals surface area contributed by atoms with E-state index >= 15 is 0 Å². The van der Waals surface area contributed by atoms with Crippen LogP contribution in [0, 0.1) is 6.92 Å². The van der Waals surface area contributed by atoms with Crippen molar-refractivity contribution in [3.05, 3.63) is 30.0 Å². The van der Waals surface area contributed by atoms with Gasteiger partial charge in [-0.1, -0.05) is 18.2 Å². The van der Waals surface area contributed by atoms with Crippen molar-refractivity contribution in [3.63, 3.8) is 0 Å². The van der Waals surface area contributed by atoms with Gasteiger partial charge in [-0.25, -0.2) is 0 Å². The van der Waals surface area contributed by atoms with Crippen molar-refractivity contribution in [2.24, 2.45) is 0 Å². The topological polar surface area (TPSA) is 71.2 Å². The molecule has 0 saturated heterocycles. The largest absolute Gasteiger partial charge is 0.469 e. The maximum Gasteiger partial charge on any atom is 0.306 e. The molecule has 0 fully saturated rings. The maximum atomic E-state index is 11.8. The van der Waals surface area contributed by atoms with Crippen LogP contribution in [0.4, 0.5) is 5.69 Å². The molecule has 5 heteroatoms. The molecule has 0 saturated carbocycles. The van der Waals surface area contributed by atoms with Crippen LogP contribution in [-0.4, -0.2) is 24.0 Å². The quantitative estimate of drug-likeness (QED) is 0.829. The minimum atomic E-state index is -0.384. The number of H-pyrrole nitrogens is 1. The van der Waals surface area contributed by atoms with Crippen molar-refractivity contribution >= 4 is 28.5 Å². The zero-order chi connectivity index (χ0) is 13.8. The Morgan fingerprint density at radius 1 is 1.26 bits per heavy atom. The maximum absolute atomic E-state index is 11.8. The molecule has 0 aliphatic heterocycles. The number of carbonyl (C=O) groups excluding carboxylic acids is 2. The molecule has 0 aliphatic carbocycles. The Labute approximate surface area is 110 Å². The van der Waals surface area contributed by atoms with Crippen molar-refractivity contribution in [3.8, 4) is 0 Å². The number of fused-ring (bicyclic) bond motifs is 1. The van der Waals surface area contributed by atoms with Gasteiger partial charge in [-0.3, -0.25) is 9.59 Å². The fraction of sp³-hybridized carbons (Fsp3) is 0.286. The average molecular weight is 260 g/mol. The standard InChI is InChI=1S/C14H16N2O3/c1-9-14(10-5-3-4-6-11(10)15-9)16-12(17)7-8-13(18)19-2/h3-6,15H,7-8H2,1-2H3,(H,16,17). The predicted molar refractivity (Wildman–Crippen MR) is 72.9 cm³/mol. The first kappa shape index (κ1) is 13.1. The second-order valence-electron chi connectivity index (χ2n) is 4.29. The fourth-order valence-corrected chi connectivity index (χ4v) is 1.96. The summed E-state index contributed by atoms with van der Waals surface area (Å²) in [6, 6.07) is 7.74. The van der Waals surface area contributed by atoms with Gasteiger partial charge in [-0.05, 0) is 13.0 Å². The molecule has 2 rings (SSSR count). The number of benzene rings is 1. The second kappa shape index (κ2) is 5.56. The predicted octanol–water partition coefficient (Wildman–Crippen LogP) is 2.37. The van der Waals surface area contributed by atoms with Crippen molar-refractivity contribution in [2.75, 3.05) is 12.4 Å². The third-order valence-electron chi connectivity index (χ3n) is 2.94. The number of aromatic nitrogens is 1. The number of esters is 1. The molecular formula is C14H16N2O3. The van der Waals surface area contributed by atoms with E-state index in [4.69, 9.17) is 0 Å². The SMILES string of the molecule is COC(=O)CCC(=O)Nc1c(C)[nH]c2ccccc12. The van der Waals surface area contributed by atoms with E-state index in [1.54, 1.807) is 0 Å². The van der Waals surface area contributed by atoms with Crippen LogP contribution in [-0.2, 0) is 14.3 Å². The molecule has 2 aromatic rings. The lowest BCUT2D eigenvalue weighted by atomic mass is 10.2. The van der Waals surface area contributed by atoms with Crippen LogP contribution in [0.25, 0.3) is 10.9 Å². The van der Waals surface area contributed by atoms with E-state index in [-0.39, 0.29) is 24.7 Å². The minimum absolute atomic E-state index is 0.0870. The number of aromatic amines is 1. The summed E-state index contributed by atoms with van der Waals surface area (Å²) >= 11 is 0. The van der Waals surface area contributed by atoms with Crippen molar-refractivity contribution in [1.82, 2.24) is 4.98 Å². The van der Waals surface area contributed by atoms with Crippen molar-refractivity contribution < 1.29 is 14.3 Å². The number of methoxy groups -OCH3 is 1. The summed E-state index contributed by atoms with van der Waals surface area (Å²) in [5.41, 5.74) is 2.64. The molecule has 0 atom stereocenters. The molecule has 1 heterocycles. The number of anilines is 1. The number of ether oxygens (including phenoxy) is 1. The molecule has 0 spiro atoms.